The molecule has 0 bridgehead atoms. The summed E-state index contributed by atoms with van der Waals surface area (Å²) in [5.74, 6) is -0.127. The number of halogens is 4. The van der Waals surface area contributed by atoms with Gasteiger partial charge in [0, 0.05) is 11.6 Å². The van der Waals surface area contributed by atoms with Crippen LogP contribution in [0.1, 0.15) is 19.4 Å². The molecule has 0 unspecified atom stereocenters. The average molecular weight is 309 g/mol. The summed E-state index contributed by atoms with van der Waals surface area (Å²) in [4.78, 5) is 15.7. The fourth-order valence-corrected chi connectivity index (χ4v) is 1.14. The van der Waals surface area contributed by atoms with Crippen LogP contribution in [-0.4, -0.2) is 11.3 Å². The topological polar surface area (TPSA) is 50.7 Å². The van der Waals surface area contributed by atoms with Crippen molar-refractivity contribution in [2.24, 2.45) is 11.1 Å². The first kappa shape index (κ1) is 16.3. The molecule has 0 aromatic heterocycles. The second kappa shape index (κ2) is 6.60. The molecule has 20 heavy (non-hydrogen) atoms. The van der Waals surface area contributed by atoms with Gasteiger partial charge >= 0.3 is 12.3 Å². The molecule has 0 aliphatic rings. The molecule has 4 nitrogen and oxygen atoms in total. The van der Waals surface area contributed by atoms with Crippen LogP contribution in [0.2, 0.25) is 0 Å². The Labute approximate surface area is 118 Å². The smallest absolute Gasteiger partial charge is 0.297 e. The summed E-state index contributed by atoms with van der Waals surface area (Å²) in [5.41, 5.74) is -0.931. The van der Waals surface area contributed by atoms with E-state index < -0.39 is 17.8 Å². The molecule has 0 aliphatic carbocycles. The lowest BCUT2D eigenvalue weighted by molar-refractivity contribution is -0.137. The summed E-state index contributed by atoms with van der Waals surface area (Å²) in [6.07, 6.45) is -5.51. The lowest BCUT2D eigenvalue weighted by atomic mass is 10.2. The third kappa shape index (κ3) is 5.08. The van der Waals surface area contributed by atoms with Gasteiger partial charge in [-0.15, -0.1) is 0 Å². The monoisotopic (exact) mass is 308 g/mol. The number of nitrogens with one attached hydrogen (secondary N) is 1. The van der Waals surface area contributed by atoms with Crippen LogP contribution in [-0.2, 0) is 11.0 Å². The van der Waals surface area contributed by atoms with Gasteiger partial charge in [0.25, 0.3) is 0 Å². The highest BCUT2D eigenvalue weighted by Gasteiger charge is 2.30. The molecule has 0 spiro atoms. The molecule has 1 rings (SSSR count). The SMILES string of the molecule is CC(C)/C(Cl)=N\OC(=O)Nc1cccc(C(F)(F)F)c1. The molecule has 1 amide bonds. The average Bonchev–Trinajstić information content (AvgIpc) is 2.35. The van der Waals surface area contributed by atoms with Crippen molar-refractivity contribution < 1.29 is 22.8 Å². The molecular weight excluding hydrogens is 297 g/mol. The summed E-state index contributed by atoms with van der Waals surface area (Å²) in [6, 6.07) is 4.15. The van der Waals surface area contributed by atoms with Gasteiger partial charge < -0.3 is 0 Å². The van der Waals surface area contributed by atoms with Crippen molar-refractivity contribution >= 4 is 28.6 Å². The molecule has 0 saturated carbocycles. The fourth-order valence-electron chi connectivity index (χ4n) is 1.10. The number of carbonyl (C=O) groups is 1. The molecule has 1 aromatic carbocycles. The number of benzene rings is 1. The molecule has 0 fully saturated rings. The normalized spacial score (nSPS) is 12.4. The third-order valence-electron chi connectivity index (χ3n) is 2.13. The Balaban J connectivity index is 2.70. The van der Waals surface area contributed by atoms with Gasteiger partial charge in [0.1, 0.15) is 5.17 Å². The Morgan fingerprint density at radius 1 is 1.40 bits per heavy atom. The van der Waals surface area contributed by atoms with Crippen molar-refractivity contribution in [1.29, 1.82) is 0 Å². The standard InChI is InChI=1S/C12H12ClF3N2O2/c1-7(2)10(13)18-20-11(19)17-9-5-3-4-8(6-9)12(14,15)16/h3-7H,1-2H3,(H,17,19)/b18-10+. The van der Waals surface area contributed by atoms with Crippen LogP contribution in [0.25, 0.3) is 0 Å². The van der Waals surface area contributed by atoms with Gasteiger partial charge in [0.05, 0.1) is 5.56 Å². The Kier molecular flexibility index (Phi) is 5.38. The zero-order chi connectivity index (χ0) is 15.3. The van der Waals surface area contributed by atoms with Gasteiger partial charge in [-0.3, -0.25) is 10.2 Å². The number of carbonyl (C=O) groups excluding carboxylic acids is 1. The third-order valence-corrected chi connectivity index (χ3v) is 2.63. The van der Waals surface area contributed by atoms with E-state index in [9.17, 15) is 18.0 Å². The minimum atomic E-state index is -4.49. The zero-order valence-electron chi connectivity index (χ0n) is 10.7. The first-order valence-corrected chi connectivity index (χ1v) is 5.96. The number of hydrogen-bond donors (Lipinski definition) is 1. The van der Waals surface area contributed by atoms with Gasteiger partial charge in [-0.1, -0.05) is 36.7 Å². The predicted molar refractivity (Wildman–Crippen MR) is 69.7 cm³/mol. The Morgan fingerprint density at radius 2 is 2.05 bits per heavy atom. The maximum absolute atomic E-state index is 12.5. The van der Waals surface area contributed by atoms with Crippen molar-refractivity contribution in [1.82, 2.24) is 0 Å². The van der Waals surface area contributed by atoms with E-state index in [2.05, 4.69) is 15.3 Å². The summed E-state index contributed by atoms with van der Waals surface area (Å²) >= 11 is 5.64. The Bertz CT molecular complexity index is 516. The van der Waals surface area contributed by atoms with Crippen LogP contribution in [0.5, 0.6) is 0 Å². The van der Waals surface area contributed by atoms with Crippen LogP contribution >= 0.6 is 11.6 Å². The van der Waals surface area contributed by atoms with Crippen molar-refractivity contribution in [3.63, 3.8) is 0 Å². The lowest BCUT2D eigenvalue weighted by Gasteiger charge is -2.09. The maximum atomic E-state index is 12.5. The molecule has 8 heteroatoms. The Morgan fingerprint density at radius 3 is 2.60 bits per heavy atom. The maximum Gasteiger partial charge on any atom is 0.437 e. The largest absolute Gasteiger partial charge is 0.437 e. The second-order valence-electron chi connectivity index (χ2n) is 4.15. The van der Waals surface area contributed by atoms with E-state index in [1.165, 1.54) is 12.1 Å². The van der Waals surface area contributed by atoms with E-state index >= 15 is 0 Å². The number of hydrogen-bond acceptors (Lipinski definition) is 3. The molecular formula is C12H12ClF3N2O2. The first-order chi connectivity index (χ1) is 9.20. The number of oxime groups is 1. The molecule has 0 atom stereocenters. The van der Waals surface area contributed by atoms with E-state index in [-0.39, 0.29) is 16.8 Å². The number of anilines is 1. The minimum absolute atomic E-state index is 0.0549. The Hall–Kier alpha value is -1.76. The van der Waals surface area contributed by atoms with Crippen LogP contribution in [0.3, 0.4) is 0 Å². The summed E-state index contributed by atoms with van der Waals surface area (Å²) < 4.78 is 37.4. The fraction of sp³-hybridized carbons (Fsp3) is 0.333. The lowest BCUT2D eigenvalue weighted by Crippen LogP contribution is -2.13. The predicted octanol–water partition coefficient (Wildman–Crippen LogP) is 4.46. The highest BCUT2D eigenvalue weighted by Crippen LogP contribution is 2.30. The van der Waals surface area contributed by atoms with E-state index in [4.69, 9.17) is 11.6 Å². The van der Waals surface area contributed by atoms with Crippen molar-refractivity contribution in [3.05, 3.63) is 29.8 Å². The van der Waals surface area contributed by atoms with E-state index in [0.29, 0.717) is 0 Å². The van der Waals surface area contributed by atoms with Crippen LogP contribution < -0.4 is 5.32 Å². The van der Waals surface area contributed by atoms with E-state index in [1.54, 1.807) is 13.8 Å². The van der Waals surface area contributed by atoms with Crippen molar-refractivity contribution in [2.75, 3.05) is 5.32 Å². The second-order valence-corrected chi connectivity index (χ2v) is 4.54. The van der Waals surface area contributed by atoms with E-state index in [1.807, 2.05) is 0 Å². The molecule has 0 saturated heterocycles. The van der Waals surface area contributed by atoms with Gasteiger partial charge in [0.15, 0.2) is 0 Å². The quantitative estimate of drug-likeness (QED) is 0.509. The molecule has 0 radical (unpaired) electrons. The number of amides is 1. The van der Waals surface area contributed by atoms with Gasteiger partial charge in [-0.05, 0) is 18.2 Å². The van der Waals surface area contributed by atoms with Crippen LogP contribution in [0.15, 0.2) is 29.4 Å². The van der Waals surface area contributed by atoms with Gasteiger partial charge in [0.2, 0.25) is 0 Å². The number of nitrogens with zero attached hydrogens (tertiary/aromatic N) is 1. The highest BCUT2D eigenvalue weighted by atomic mass is 35.5. The molecule has 110 valence electrons. The number of alkyl halides is 3. The van der Waals surface area contributed by atoms with Crippen molar-refractivity contribution in [3.8, 4) is 0 Å². The minimum Gasteiger partial charge on any atom is -0.297 e. The summed E-state index contributed by atoms with van der Waals surface area (Å²) in [7, 11) is 0. The van der Waals surface area contributed by atoms with Gasteiger partial charge in [-0.2, -0.15) is 13.2 Å². The summed E-state index contributed by atoms with van der Waals surface area (Å²) in [6.45, 7) is 3.47. The van der Waals surface area contributed by atoms with Gasteiger partial charge in [-0.25, -0.2) is 4.79 Å². The molecule has 1 N–H and O–H groups in total. The summed E-state index contributed by atoms with van der Waals surface area (Å²) in [5, 5.41) is 5.53. The zero-order valence-corrected chi connectivity index (χ0v) is 11.4. The van der Waals surface area contributed by atoms with Crippen LogP contribution in [0, 0.1) is 5.92 Å². The molecule has 0 aliphatic heterocycles. The number of rotatable bonds is 3. The molecule has 0 heterocycles. The molecule has 1 aromatic rings. The van der Waals surface area contributed by atoms with Crippen molar-refractivity contribution in [2.45, 2.75) is 20.0 Å². The highest BCUT2D eigenvalue weighted by molar-refractivity contribution is 6.65. The first-order valence-electron chi connectivity index (χ1n) is 5.59. The van der Waals surface area contributed by atoms with Crippen LogP contribution in [0.4, 0.5) is 23.7 Å². The van der Waals surface area contributed by atoms with E-state index in [0.717, 1.165) is 12.1 Å².